The number of carbonyl (C=O) groups is 5. The fourth-order valence-corrected chi connectivity index (χ4v) is 6.03. The number of hydrogen-bond donors (Lipinski definition) is 9. The molecule has 2 aromatic carbocycles. The molecule has 1 aliphatic rings. The van der Waals surface area contributed by atoms with Crippen LogP contribution in [0.15, 0.2) is 53.7 Å². The summed E-state index contributed by atoms with van der Waals surface area (Å²) in [5.41, 5.74) is 25.8. The molecule has 1 saturated heterocycles. The molecule has 5 amide bonds. The van der Waals surface area contributed by atoms with Crippen molar-refractivity contribution >= 4 is 46.4 Å². The molecule has 4 rings (SSSR count). The molecule has 0 aliphatic carbocycles. The first kappa shape index (κ1) is 38.3. The Balaban J connectivity index is 1.39. The molecule has 0 spiro atoms. The van der Waals surface area contributed by atoms with Gasteiger partial charge in [-0.15, -0.1) is 0 Å². The number of aliphatic hydroxyl groups is 1. The van der Waals surface area contributed by atoms with Crippen molar-refractivity contribution in [3.63, 3.8) is 0 Å². The molecule has 0 unspecified atom stereocenters. The number of β-amino-alcohol motifs (C(OH)–C–C–N with tert-alkyl or cyclic N) is 1. The van der Waals surface area contributed by atoms with Crippen LogP contribution in [-0.2, 0) is 36.8 Å². The molecule has 51 heavy (non-hydrogen) atoms. The number of aromatic nitrogens is 1. The third-order valence-electron chi connectivity index (χ3n) is 8.66. The smallest absolute Gasteiger partial charge is 0.243 e. The molecule has 1 aromatic heterocycles. The first-order valence-electron chi connectivity index (χ1n) is 16.5. The maximum Gasteiger partial charge on any atom is 0.243 e. The number of primary amides is 1. The highest BCUT2D eigenvalue weighted by molar-refractivity contribution is 5.95. The second-order valence-corrected chi connectivity index (χ2v) is 12.6. The SMILES string of the molecule is Cc1cccc2c(C[C@H](NC(=O)CNC(=O)[C@H](CCCN=C(N)N)NC(=O)[C@@H]3C[C@@H](O)CN3C(=O)[C@@H](N)Cc3ccc(F)cc3)C(N)=O)c[nH]c12. The number of aryl methyl sites for hydroxylation is 1. The van der Waals surface area contributed by atoms with Gasteiger partial charge < -0.3 is 53.9 Å². The van der Waals surface area contributed by atoms with E-state index in [0.717, 1.165) is 26.9 Å². The number of likely N-dealkylation sites (tertiary alicyclic amines) is 1. The summed E-state index contributed by atoms with van der Waals surface area (Å²) < 4.78 is 13.3. The fraction of sp³-hybridized carbons (Fsp3) is 0.412. The molecule has 16 nitrogen and oxygen atoms in total. The second kappa shape index (κ2) is 17.4. The minimum absolute atomic E-state index is 0.0488. The van der Waals surface area contributed by atoms with Gasteiger partial charge in [-0.05, 0) is 55.0 Å². The third-order valence-corrected chi connectivity index (χ3v) is 8.66. The van der Waals surface area contributed by atoms with Crippen molar-refractivity contribution in [1.29, 1.82) is 0 Å². The van der Waals surface area contributed by atoms with Crippen molar-refractivity contribution in [3.8, 4) is 0 Å². The van der Waals surface area contributed by atoms with E-state index < -0.39 is 72.2 Å². The zero-order valence-corrected chi connectivity index (χ0v) is 28.2. The zero-order chi connectivity index (χ0) is 37.2. The van der Waals surface area contributed by atoms with Crippen LogP contribution in [0.3, 0.4) is 0 Å². The summed E-state index contributed by atoms with van der Waals surface area (Å²) in [5.74, 6) is -4.11. The van der Waals surface area contributed by atoms with E-state index in [-0.39, 0.29) is 51.2 Å². The predicted molar refractivity (Wildman–Crippen MR) is 187 cm³/mol. The lowest BCUT2D eigenvalue weighted by molar-refractivity contribution is -0.140. The summed E-state index contributed by atoms with van der Waals surface area (Å²) in [6.45, 7) is 1.38. The molecule has 5 atom stereocenters. The topological polar surface area (TPSA) is 277 Å². The van der Waals surface area contributed by atoms with Crippen molar-refractivity contribution < 1.29 is 33.5 Å². The van der Waals surface area contributed by atoms with Crippen molar-refractivity contribution in [2.75, 3.05) is 19.6 Å². The number of aliphatic hydroxyl groups excluding tert-OH is 1. The van der Waals surface area contributed by atoms with Crippen LogP contribution < -0.4 is 38.9 Å². The van der Waals surface area contributed by atoms with Gasteiger partial charge in [-0.1, -0.05) is 30.3 Å². The summed E-state index contributed by atoms with van der Waals surface area (Å²) in [7, 11) is 0. The van der Waals surface area contributed by atoms with E-state index in [4.69, 9.17) is 22.9 Å². The number of para-hydroxylation sites is 1. The van der Waals surface area contributed by atoms with Crippen molar-refractivity contribution in [3.05, 3.63) is 71.2 Å². The normalized spacial score (nSPS) is 17.3. The van der Waals surface area contributed by atoms with Gasteiger partial charge in [0.25, 0.3) is 0 Å². The number of aromatic amines is 1. The molecule has 0 radical (unpaired) electrons. The van der Waals surface area contributed by atoms with E-state index in [0.29, 0.717) is 5.56 Å². The van der Waals surface area contributed by atoms with Gasteiger partial charge in [0.05, 0.1) is 18.7 Å². The van der Waals surface area contributed by atoms with Crippen LogP contribution in [-0.4, -0.2) is 100 Å². The minimum atomic E-state index is -1.19. The highest BCUT2D eigenvalue weighted by atomic mass is 19.1. The number of amides is 5. The largest absolute Gasteiger partial charge is 0.391 e. The van der Waals surface area contributed by atoms with Crippen LogP contribution >= 0.6 is 0 Å². The molecular formula is C34H45FN10O6. The van der Waals surface area contributed by atoms with Crippen molar-refractivity contribution in [2.45, 2.75) is 69.3 Å². The Kier molecular flexibility index (Phi) is 13.1. The molecule has 0 saturated carbocycles. The summed E-state index contributed by atoms with van der Waals surface area (Å²) in [5, 5.41) is 18.9. The lowest BCUT2D eigenvalue weighted by atomic mass is 10.0. The number of halogens is 1. The number of nitrogens with zero attached hydrogens (tertiary/aromatic N) is 2. The predicted octanol–water partition coefficient (Wildman–Crippen LogP) is -1.69. The highest BCUT2D eigenvalue weighted by Crippen LogP contribution is 2.23. The molecule has 17 heteroatoms. The number of H-pyrrole nitrogens is 1. The maximum atomic E-state index is 13.5. The molecular weight excluding hydrogens is 663 g/mol. The van der Waals surface area contributed by atoms with Crippen LogP contribution in [0.4, 0.5) is 4.39 Å². The Hall–Kier alpha value is -5.55. The van der Waals surface area contributed by atoms with E-state index in [1.807, 2.05) is 25.1 Å². The lowest BCUT2D eigenvalue weighted by Crippen LogP contribution is -2.56. The summed E-state index contributed by atoms with van der Waals surface area (Å²) >= 11 is 0. The van der Waals surface area contributed by atoms with Gasteiger partial charge in [0.15, 0.2) is 5.96 Å². The number of guanidine groups is 1. The highest BCUT2D eigenvalue weighted by Gasteiger charge is 2.41. The van der Waals surface area contributed by atoms with E-state index >= 15 is 0 Å². The fourth-order valence-electron chi connectivity index (χ4n) is 6.03. The second-order valence-electron chi connectivity index (χ2n) is 12.6. The summed E-state index contributed by atoms with van der Waals surface area (Å²) in [6.07, 6.45) is 1.10. The Morgan fingerprint density at radius 2 is 1.76 bits per heavy atom. The molecule has 2 heterocycles. The minimum Gasteiger partial charge on any atom is -0.391 e. The molecule has 1 fully saturated rings. The Morgan fingerprint density at radius 3 is 2.45 bits per heavy atom. The van der Waals surface area contributed by atoms with Gasteiger partial charge in [0.2, 0.25) is 29.5 Å². The van der Waals surface area contributed by atoms with Crippen LogP contribution in [0.25, 0.3) is 10.9 Å². The van der Waals surface area contributed by atoms with Gasteiger partial charge in [0, 0.05) is 43.0 Å². The molecule has 3 aromatic rings. The van der Waals surface area contributed by atoms with Gasteiger partial charge in [-0.2, -0.15) is 0 Å². The quantitative estimate of drug-likeness (QED) is 0.0466. The zero-order valence-electron chi connectivity index (χ0n) is 28.2. The van der Waals surface area contributed by atoms with Gasteiger partial charge in [-0.25, -0.2) is 4.39 Å². The number of carbonyl (C=O) groups excluding carboxylic acids is 5. The first-order valence-corrected chi connectivity index (χ1v) is 16.5. The van der Waals surface area contributed by atoms with E-state index in [2.05, 4.69) is 25.9 Å². The van der Waals surface area contributed by atoms with Crippen molar-refractivity contribution in [1.82, 2.24) is 25.8 Å². The Labute approximate surface area is 293 Å². The lowest BCUT2D eigenvalue weighted by Gasteiger charge is -2.28. The average molecular weight is 709 g/mol. The van der Waals surface area contributed by atoms with Crippen molar-refractivity contribution in [2.24, 2.45) is 27.9 Å². The Bertz CT molecular complexity index is 1760. The van der Waals surface area contributed by atoms with Crippen LogP contribution in [0.1, 0.15) is 36.0 Å². The van der Waals surface area contributed by atoms with E-state index in [9.17, 15) is 33.5 Å². The third kappa shape index (κ3) is 10.5. The number of rotatable bonds is 16. The van der Waals surface area contributed by atoms with E-state index in [1.54, 1.807) is 6.20 Å². The van der Waals surface area contributed by atoms with Gasteiger partial charge in [-0.3, -0.25) is 29.0 Å². The molecule has 13 N–H and O–H groups in total. The maximum absolute atomic E-state index is 13.5. The number of hydrogen-bond acceptors (Lipinski definition) is 8. The van der Waals surface area contributed by atoms with E-state index in [1.165, 1.54) is 24.3 Å². The standard InChI is InChI=1S/C34H45FN10O6/c1-18-4-2-5-23-20(15-41-29(18)23)13-26(30(37)48)43-28(47)16-42-31(49)25(6-3-11-40-34(38)39)44-32(50)27-14-22(46)17-45(27)33(51)24(36)12-19-7-9-21(35)10-8-19/h2,4-5,7-10,15,22,24-27,41,46H,3,6,11-14,16-17,36H2,1H3,(H2,37,48)(H,42,49)(H,43,47)(H,44,50)(H4,38,39,40)/t22-,24+,25+,26+,27+/m1/s1. The summed E-state index contributed by atoms with van der Waals surface area (Å²) in [4.78, 5) is 73.5. The summed E-state index contributed by atoms with van der Waals surface area (Å²) in [6, 6.07) is 6.69. The number of fused-ring (bicyclic) bond motifs is 1. The number of aliphatic imine (C=N–C) groups is 1. The van der Waals surface area contributed by atoms with Crippen LogP contribution in [0.2, 0.25) is 0 Å². The van der Waals surface area contributed by atoms with Gasteiger partial charge >= 0.3 is 0 Å². The number of nitrogens with two attached hydrogens (primary N) is 4. The number of benzene rings is 2. The first-order chi connectivity index (χ1) is 24.2. The van der Waals surface area contributed by atoms with Crippen LogP contribution in [0.5, 0.6) is 0 Å². The number of nitrogens with one attached hydrogen (secondary N) is 4. The molecule has 0 bridgehead atoms. The van der Waals surface area contributed by atoms with Crippen LogP contribution in [0, 0.1) is 12.7 Å². The van der Waals surface area contributed by atoms with Gasteiger partial charge in [0.1, 0.15) is 23.9 Å². The average Bonchev–Trinajstić information content (AvgIpc) is 3.69. The Morgan fingerprint density at radius 1 is 1.04 bits per heavy atom. The molecule has 274 valence electrons. The monoisotopic (exact) mass is 708 g/mol. The molecule has 1 aliphatic heterocycles.